The molecular formula is C33H38ClF3I2N4O3U-2. The Bertz CT molecular complexity index is 1610. The first-order valence-corrected chi connectivity index (χ1v) is 23.3. The summed E-state index contributed by atoms with van der Waals surface area (Å²) in [6.45, 7) is 0.737. The molecule has 0 unspecified atom stereocenters. The van der Waals surface area contributed by atoms with Gasteiger partial charge in [0.1, 0.15) is 0 Å². The number of amides is 1. The van der Waals surface area contributed by atoms with Crippen molar-refractivity contribution in [2.45, 2.75) is 63.3 Å². The summed E-state index contributed by atoms with van der Waals surface area (Å²) >= 11 is 4.47. The topological polar surface area (TPSA) is 91.2 Å². The predicted octanol–water partition coefficient (Wildman–Crippen LogP) is 4.58. The number of likely N-dealkylation sites (tertiary alicyclic amines) is 1. The van der Waals surface area contributed by atoms with Crippen LogP contribution in [0.4, 0.5) is 18.0 Å². The summed E-state index contributed by atoms with van der Waals surface area (Å²) in [5.74, 6) is 1.50. The van der Waals surface area contributed by atoms with Crippen molar-refractivity contribution >= 4 is 52.3 Å². The van der Waals surface area contributed by atoms with Crippen molar-refractivity contribution in [1.29, 1.82) is 5.41 Å². The summed E-state index contributed by atoms with van der Waals surface area (Å²) in [6, 6.07) is 12.0. The van der Waals surface area contributed by atoms with Crippen LogP contribution in [0.1, 0.15) is 55.7 Å². The number of aromatic nitrogens is 2. The molecule has 0 spiro atoms. The molecule has 7 nitrogen and oxygen atoms in total. The largest absolute Gasteiger partial charge is 0 e. The molecule has 0 saturated carbocycles. The zero-order valence-electron chi connectivity index (χ0n) is 25.9. The molecule has 4 heterocycles. The second kappa shape index (κ2) is 16.5. The van der Waals surface area contributed by atoms with Gasteiger partial charge in [-0.2, -0.15) is 0 Å². The number of aromatic amines is 1. The van der Waals surface area contributed by atoms with Crippen LogP contribution in [-0.4, -0.2) is 61.2 Å². The van der Waals surface area contributed by atoms with E-state index in [-0.39, 0.29) is 59.9 Å². The number of piperidine rings is 1. The standard InChI is InChI=1S/C33H38ClF3I2N4O3.U/c34-25-18-21(17-24(20-25)33(35,36)37)19-29(30(40)39-13-7-23(8-14-39)22-5-11-38-12-6-22)46-32(45)42-15-9-26(10-16-42)43-28-4-2-1-3-27(28)41-31(43)44;/h1-4,17-18,22-23,26,29,40H,5-16,19H2,(H,41,44);/q-2;/t29-;/m1./s1. The van der Waals surface area contributed by atoms with Crippen LogP contribution >= 0.6 is 31.4 Å². The van der Waals surface area contributed by atoms with Gasteiger partial charge in [-0.25, -0.2) is 0 Å². The van der Waals surface area contributed by atoms with Crippen LogP contribution < -0.4 is 26.9 Å². The quantitative estimate of drug-likeness (QED) is 0.157. The van der Waals surface area contributed by atoms with Gasteiger partial charge in [-0.1, -0.05) is 6.07 Å². The number of carbonyl (C=O) groups excluding carboxylic acids is 1. The molecule has 14 heteroatoms. The molecule has 0 bridgehead atoms. The Morgan fingerprint density at radius 3 is 2.43 bits per heavy atom. The third kappa shape index (κ3) is 9.13. The molecule has 0 aliphatic carbocycles. The predicted molar refractivity (Wildman–Crippen MR) is 178 cm³/mol. The second-order valence-corrected chi connectivity index (χ2v) is 21.9. The number of fused-ring (bicyclic) bond motifs is 1. The smallest absolute Gasteiger partial charge is 0 e. The van der Waals surface area contributed by atoms with Crippen LogP contribution in [0.25, 0.3) is 11.0 Å². The van der Waals surface area contributed by atoms with E-state index < -0.39 is 43.8 Å². The molecule has 6 rings (SSSR count). The van der Waals surface area contributed by atoms with Gasteiger partial charge in [0.05, 0.1) is 0 Å². The monoisotopic (exact) mass is 1120 g/mol. The number of imidazole rings is 1. The number of nitrogens with zero attached hydrogens (tertiary/aromatic N) is 2. The Balaban J connectivity index is 0.00000433. The van der Waals surface area contributed by atoms with Gasteiger partial charge in [0.2, 0.25) is 0 Å². The van der Waals surface area contributed by atoms with E-state index in [0.717, 1.165) is 44.7 Å². The molecule has 2 aromatic carbocycles. The SMILES string of the molecule is N=C([C@@H](Cc1cc(Cl)[c-]c(C(F)(F)F)c1)OC(=O)N1CCC(n2c(=O)[nH]c3ccccc32)CC1)I1CCC(C2CC[I-]CC2)CC1.[U]. The molecule has 1 amide bonds. The van der Waals surface area contributed by atoms with Gasteiger partial charge in [0, 0.05) is 31.1 Å². The van der Waals surface area contributed by atoms with Gasteiger partial charge in [0.25, 0.3) is 0 Å². The minimum Gasteiger partial charge on any atom is 0 e. The number of hydrogen-bond donors (Lipinski definition) is 2. The van der Waals surface area contributed by atoms with E-state index in [1.807, 2.05) is 24.3 Å². The third-order valence-corrected chi connectivity index (χ3v) is 18.6. The van der Waals surface area contributed by atoms with Gasteiger partial charge in [-0.15, -0.1) is 0 Å². The molecule has 1 aromatic heterocycles. The minimum atomic E-state index is -4.62. The average Bonchev–Trinajstić information content (AvgIpc) is 3.39. The maximum Gasteiger partial charge on any atom is 0 e. The number of H-pyrrole nitrogens is 1. The number of benzene rings is 2. The van der Waals surface area contributed by atoms with Gasteiger partial charge >= 0.3 is 285 Å². The number of para-hydroxylation sites is 2. The van der Waals surface area contributed by atoms with Crippen molar-refractivity contribution in [2.75, 3.05) is 30.8 Å². The number of halogens is 6. The van der Waals surface area contributed by atoms with Crippen LogP contribution in [0.3, 0.4) is 0 Å². The summed E-state index contributed by atoms with van der Waals surface area (Å²) in [4.78, 5) is 30.8. The van der Waals surface area contributed by atoms with E-state index in [1.165, 1.54) is 27.8 Å². The fourth-order valence-corrected chi connectivity index (χ4v) is 16.4. The molecule has 47 heavy (non-hydrogen) atoms. The van der Waals surface area contributed by atoms with E-state index in [1.54, 1.807) is 9.47 Å². The Kier molecular flexibility index (Phi) is 13.2. The summed E-state index contributed by atoms with van der Waals surface area (Å²) in [5, 5.41) is 9.08. The molecule has 3 saturated heterocycles. The van der Waals surface area contributed by atoms with Crippen LogP contribution in [0.2, 0.25) is 5.02 Å². The number of nitrogens with one attached hydrogen (secondary N) is 2. The van der Waals surface area contributed by atoms with E-state index in [4.69, 9.17) is 16.3 Å². The van der Waals surface area contributed by atoms with Crippen molar-refractivity contribution in [2.24, 2.45) is 11.8 Å². The van der Waals surface area contributed by atoms with Crippen molar-refractivity contribution in [3.8, 4) is 0 Å². The third-order valence-electron chi connectivity index (χ3n) is 9.46. The first-order chi connectivity index (χ1) is 22.1. The zero-order valence-corrected chi connectivity index (χ0v) is 35.1. The van der Waals surface area contributed by atoms with Gasteiger partial charge in [-0.05, 0) is 0 Å². The molecule has 256 valence electrons. The van der Waals surface area contributed by atoms with Gasteiger partial charge < -0.3 is 0 Å². The summed E-state index contributed by atoms with van der Waals surface area (Å²) in [6.07, 6.45) is -0.182. The molecule has 1 atom stereocenters. The molecule has 3 aliphatic heterocycles. The van der Waals surface area contributed by atoms with E-state index in [2.05, 4.69) is 11.1 Å². The number of rotatable bonds is 7. The Hall–Kier alpha value is -0.758. The molecule has 3 aromatic rings. The first kappa shape index (κ1) is 37.5. The van der Waals surface area contributed by atoms with Gasteiger partial charge in [0.15, 0.2) is 0 Å². The molecule has 0 radical (unpaired) electrons. The van der Waals surface area contributed by atoms with Crippen molar-refractivity contribution in [3.05, 3.63) is 69.1 Å². The summed E-state index contributed by atoms with van der Waals surface area (Å²) in [5.41, 5.74) is 0.701. The van der Waals surface area contributed by atoms with E-state index in [0.29, 0.717) is 56.8 Å². The van der Waals surface area contributed by atoms with Crippen molar-refractivity contribution < 1.29 is 75.0 Å². The zero-order chi connectivity index (χ0) is 32.4. The fraction of sp³-hybridized carbons (Fsp3) is 0.545. The number of hydrogen-bond acceptors (Lipinski definition) is 4. The summed E-state index contributed by atoms with van der Waals surface area (Å²) in [7, 11) is 0. The Morgan fingerprint density at radius 2 is 1.74 bits per heavy atom. The normalized spacial score (nSPS) is 20.3. The molecule has 2 N–H and O–H groups in total. The van der Waals surface area contributed by atoms with Crippen LogP contribution in [0.15, 0.2) is 41.2 Å². The fourth-order valence-electron chi connectivity index (χ4n) is 6.97. The maximum absolute atomic E-state index is 13.6. The number of ether oxygens (including phenoxy) is 1. The van der Waals surface area contributed by atoms with Crippen molar-refractivity contribution in [3.63, 3.8) is 0 Å². The van der Waals surface area contributed by atoms with Crippen molar-refractivity contribution in [1.82, 2.24) is 14.5 Å². The molecular weight excluding hydrogens is 1080 g/mol. The first-order valence-electron chi connectivity index (χ1n) is 15.7. The van der Waals surface area contributed by atoms with Crippen LogP contribution in [-0.2, 0) is 17.3 Å². The minimum absolute atomic E-state index is 0. The van der Waals surface area contributed by atoms with Crippen LogP contribution in [0, 0.1) is 54.4 Å². The Labute approximate surface area is 319 Å². The second-order valence-electron chi connectivity index (χ2n) is 12.3. The number of carbonyl (C=O) groups is 1. The van der Waals surface area contributed by atoms with Gasteiger partial charge in [-0.3, -0.25) is 0 Å². The average molecular weight is 1120 g/mol. The van der Waals surface area contributed by atoms with E-state index in [9.17, 15) is 28.2 Å². The Morgan fingerprint density at radius 1 is 1.09 bits per heavy atom. The van der Waals surface area contributed by atoms with E-state index >= 15 is 0 Å². The molecule has 3 fully saturated rings. The molecule has 3 aliphatic rings. The van der Waals surface area contributed by atoms with Crippen LogP contribution in [0.5, 0.6) is 0 Å². The summed E-state index contributed by atoms with van der Waals surface area (Å²) < 4.78 is 53.7. The number of alkyl halides is 7. The maximum atomic E-state index is 13.6.